The van der Waals surface area contributed by atoms with Gasteiger partial charge in [0.2, 0.25) is 5.43 Å². The van der Waals surface area contributed by atoms with Crippen molar-refractivity contribution in [1.29, 1.82) is 0 Å². The van der Waals surface area contributed by atoms with Crippen LogP contribution in [0.4, 0.5) is 10.1 Å². The van der Waals surface area contributed by atoms with Crippen molar-refractivity contribution in [3.05, 3.63) is 32.5 Å². The molecule has 2 N–H and O–H groups in total. The van der Waals surface area contributed by atoms with Crippen molar-refractivity contribution in [3.63, 3.8) is 0 Å². The summed E-state index contributed by atoms with van der Waals surface area (Å²) in [5.41, 5.74) is 0.160. The maximum atomic E-state index is 15.5. The molecule has 2 aromatic heterocycles. The van der Waals surface area contributed by atoms with Crippen LogP contribution in [0.25, 0.3) is 21.1 Å². The Bertz CT molecular complexity index is 1280. The predicted octanol–water partition coefficient (Wildman–Crippen LogP) is 3.21. The van der Waals surface area contributed by atoms with E-state index in [4.69, 9.17) is 4.74 Å². The van der Waals surface area contributed by atoms with Crippen LogP contribution < -0.4 is 25.9 Å². The van der Waals surface area contributed by atoms with E-state index in [2.05, 4.69) is 23.5 Å². The quantitative estimate of drug-likeness (QED) is 0.608. The first kappa shape index (κ1) is 20.5. The number of methoxy groups -OCH3 is 1. The predicted molar refractivity (Wildman–Crippen MR) is 122 cm³/mol. The number of benzene rings is 1. The molecule has 1 aliphatic carbocycles. The number of nitrogens with one attached hydrogen (secondary N) is 2. The number of pyridine rings is 1. The molecule has 2 atom stereocenters. The lowest BCUT2D eigenvalue weighted by Gasteiger charge is -2.26. The average molecular weight is 447 g/mol. The number of nitrogens with zero attached hydrogens (tertiary/aromatic N) is 2. The van der Waals surface area contributed by atoms with E-state index in [9.17, 15) is 9.59 Å². The lowest BCUT2D eigenvalue weighted by molar-refractivity contribution is 0.406. The molecule has 0 radical (unpaired) electrons. The molecule has 1 unspecified atom stereocenters. The SMILES string of the molecule is CCNC(C)[C@@H]1CCN(c2c(F)cc3c(=O)c4c(=O)[nH]sc4n(C4CC4)c3c2OC)C1. The van der Waals surface area contributed by atoms with Gasteiger partial charge in [-0.15, -0.1) is 0 Å². The van der Waals surface area contributed by atoms with Crippen molar-refractivity contribution in [1.82, 2.24) is 14.3 Å². The number of aromatic amines is 1. The smallest absolute Gasteiger partial charge is 0.271 e. The van der Waals surface area contributed by atoms with E-state index in [-0.39, 0.29) is 16.8 Å². The second-order valence-electron chi connectivity index (χ2n) is 8.62. The Hall–Kier alpha value is -2.39. The van der Waals surface area contributed by atoms with Gasteiger partial charge in [-0.25, -0.2) is 4.39 Å². The maximum Gasteiger partial charge on any atom is 0.271 e. The molecule has 2 fully saturated rings. The van der Waals surface area contributed by atoms with Gasteiger partial charge < -0.3 is 19.5 Å². The Kier molecular flexibility index (Phi) is 5.05. The molecule has 7 nitrogen and oxygen atoms in total. The van der Waals surface area contributed by atoms with Crippen LogP contribution in [0.2, 0.25) is 0 Å². The van der Waals surface area contributed by atoms with Crippen LogP contribution in [0.3, 0.4) is 0 Å². The summed E-state index contributed by atoms with van der Waals surface area (Å²) in [7, 11) is 1.53. The van der Waals surface area contributed by atoms with Crippen molar-refractivity contribution in [2.24, 2.45) is 5.92 Å². The van der Waals surface area contributed by atoms with Crippen LogP contribution in [-0.2, 0) is 0 Å². The minimum Gasteiger partial charge on any atom is -0.492 e. The molecule has 2 aliphatic rings. The third-order valence-corrected chi connectivity index (χ3v) is 7.57. The highest BCUT2D eigenvalue weighted by molar-refractivity contribution is 7.12. The van der Waals surface area contributed by atoms with Crippen LogP contribution in [0.15, 0.2) is 15.7 Å². The standard InChI is InChI=1S/C22H27FN4O3S/c1-4-24-11(2)12-7-8-26(10-12)18-15(23)9-14-17(20(18)30-3)27(13-5-6-13)22-16(19(14)28)21(29)25-31-22/h9,11-13,24H,4-8,10H2,1-3H3,(H,25,29)/t11?,12-/m1/s1. The minimum atomic E-state index is -0.480. The summed E-state index contributed by atoms with van der Waals surface area (Å²) in [5.74, 6) is 0.313. The molecule has 1 saturated heterocycles. The van der Waals surface area contributed by atoms with Gasteiger partial charge in [0.05, 0.1) is 18.0 Å². The van der Waals surface area contributed by atoms with Gasteiger partial charge in [0, 0.05) is 25.2 Å². The number of anilines is 1. The van der Waals surface area contributed by atoms with Crippen molar-refractivity contribution in [3.8, 4) is 5.75 Å². The van der Waals surface area contributed by atoms with E-state index in [1.54, 1.807) is 0 Å². The Morgan fingerprint density at radius 1 is 1.35 bits per heavy atom. The Labute approximate surface area is 183 Å². The van der Waals surface area contributed by atoms with E-state index in [0.717, 1.165) is 50.4 Å². The first-order valence-electron chi connectivity index (χ1n) is 10.9. The first-order valence-corrected chi connectivity index (χ1v) is 11.7. The maximum absolute atomic E-state index is 15.5. The molecule has 9 heteroatoms. The number of H-pyrrole nitrogens is 1. The zero-order chi connectivity index (χ0) is 21.9. The van der Waals surface area contributed by atoms with Crippen LogP contribution in [-0.4, -0.2) is 41.7 Å². The van der Waals surface area contributed by atoms with E-state index in [0.29, 0.717) is 33.7 Å². The van der Waals surface area contributed by atoms with Gasteiger partial charge in [-0.1, -0.05) is 6.92 Å². The molecule has 5 rings (SSSR count). The molecule has 1 aromatic carbocycles. The summed E-state index contributed by atoms with van der Waals surface area (Å²) in [6, 6.07) is 1.82. The molecule has 1 saturated carbocycles. The van der Waals surface area contributed by atoms with Gasteiger partial charge in [-0.05, 0) is 56.2 Å². The van der Waals surface area contributed by atoms with Gasteiger partial charge in [-0.3, -0.25) is 14.0 Å². The zero-order valence-corrected chi connectivity index (χ0v) is 18.8. The normalized spacial score (nSPS) is 20.1. The lowest BCUT2D eigenvalue weighted by Crippen LogP contribution is -2.35. The first-order chi connectivity index (χ1) is 15.0. The van der Waals surface area contributed by atoms with Crippen molar-refractivity contribution in [2.75, 3.05) is 31.6 Å². The van der Waals surface area contributed by atoms with Crippen LogP contribution in [0.1, 0.15) is 39.2 Å². The van der Waals surface area contributed by atoms with Gasteiger partial charge in [-0.2, -0.15) is 0 Å². The Balaban J connectivity index is 1.74. The largest absolute Gasteiger partial charge is 0.492 e. The van der Waals surface area contributed by atoms with Gasteiger partial charge in [0.1, 0.15) is 15.9 Å². The second kappa shape index (κ2) is 7.63. The topological polar surface area (TPSA) is 79.4 Å². The average Bonchev–Trinajstić information content (AvgIpc) is 3.33. The molecule has 166 valence electrons. The number of fused-ring (bicyclic) bond motifs is 2. The summed E-state index contributed by atoms with van der Waals surface area (Å²) in [4.78, 5) is 28.1. The zero-order valence-electron chi connectivity index (χ0n) is 18.0. The van der Waals surface area contributed by atoms with Crippen molar-refractivity contribution >= 4 is 38.3 Å². The van der Waals surface area contributed by atoms with Crippen LogP contribution in [0.5, 0.6) is 5.75 Å². The highest BCUT2D eigenvalue weighted by atomic mass is 32.1. The fraction of sp³-hybridized carbons (Fsp3) is 0.545. The number of ether oxygens (including phenoxy) is 1. The number of hydrogen-bond acceptors (Lipinski definition) is 6. The Morgan fingerprint density at radius 3 is 2.81 bits per heavy atom. The highest BCUT2D eigenvalue weighted by Crippen LogP contribution is 2.46. The summed E-state index contributed by atoms with van der Waals surface area (Å²) >= 11 is 1.16. The summed E-state index contributed by atoms with van der Waals surface area (Å²) < 4.78 is 26.0. The summed E-state index contributed by atoms with van der Waals surface area (Å²) in [5, 5.41) is 3.78. The van der Waals surface area contributed by atoms with Crippen LogP contribution in [0, 0.1) is 11.7 Å². The van der Waals surface area contributed by atoms with Gasteiger partial charge in [0.15, 0.2) is 11.6 Å². The number of hydrogen-bond donors (Lipinski definition) is 2. The van der Waals surface area contributed by atoms with Crippen molar-refractivity contribution < 1.29 is 9.13 Å². The fourth-order valence-electron chi connectivity index (χ4n) is 4.97. The fourth-order valence-corrected chi connectivity index (χ4v) is 5.89. The summed E-state index contributed by atoms with van der Waals surface area (Å²) in [6.07, 6.45) is 2.88. The molecule has 3 heterocycles. The monoisotopic (exact) mass is 446 g/mol. The second-order valence-corrected chi connectivity index (χ2v) is 9.42. The number of halogens is 1. The molecular formula is C22H27FN4O3S. The number of aromatic nitrogens is 2. The van der Waals surface area contributed by atoms with Crippen molar-refractivity contribution in [2.45, 2.75) is 45.2 Å². The summed E-state index contributed by atoms with van der Waals surface area (Å²) in [6.45, 7) is 6.60. The van der Waals surface area contributed by atoms with Crippen LogP contribution >= 0.6 is 11.5 Å². The molecule has 3 aromatic rings. The van der Waals surface area contributed by atoms with E-state index >= 15 is 4.39 Å². The third kappa shape index (κ3) is 3.17. The third-order valence-electron chi connectivity index (χ3n) is 6.69. The molecular weight excluding hydrogens is 419 g/mol. The molecule has 31 heavy (non-hydrogen) atoms. The molecule has 1 aliphatic heterocycles. The minimum absolute atomic E-state index is 0.110. The number of rotatable bonds is 6. The van der Waals surface area contributed by atoms with Gasteiger partial charge in [0.25, 0.3) is 5.56 Å². The molecule has 0 amide bonds. The van der Waals surface area contributed by atoms with Gasteiger partial charge >= 0.3 is 0 Å². The Morgan fingerprint density at radius 2 is 2.13 bits per heavy atom. The highest BCUT2D eigenvalue weighted by Gasteiger charge is 2.35. The van der Waals surface area contributed by atoms with E-state index < -0.39 is 16.8 Å². The molecule has 0 spiro atoms. The van der Waals surface area contributed by atoms with E-state index in [1.165, 1.54) is 13.2 Å². The van der Waals surface area contributed by atoms with E-state index in [1.807, 2.05) is 9.47 Å². The molecule has 0 bridgehead atoms. The lowest BCUT2D eigenvalue weighted by atomic mass is 10.0.